The maximum Gasteiger partial charge on any atom is 0.332 e. The number of nitrogens with one attached hydrogen (secondary N) is 1. The molecule has 0 radical (unpaired) electrons. The topological polar surface area (TPSA) is 55.6 Å². The van der Waals surface area contributed by atoms with Gasteiger partial charge in [-0.3, -0.25) is 9.13 Å². The van der Waals surface area contributed by atoms with Gasteiger partial charge in [0.15, 0.2) is 0 Å². The van der Waals surface area contributed by atoms with E-state index in [4.69, 9.17) is 0 Å². The van der Waals surface area contributed by atoms with Crippen molar-refractivity contribution in [2.24, 2.45) is 7.05 Å². The molecule has 0 unspecified atom stereocenters. The van der Waals surface area contributed by atoms with Gasteiger partial charge in [-0.15, -0.1) is 0 Å². The molecular weight excluding hydrogens is 288 g/mol. The van der Waals surface area contributed by atoms with E-state index in [0.717, 1.165) is 59.5 Å². The maximum absolute atomic E-state index is 12.7. The molecule has 5 heteroatoms. The monoisotopic (exact) mass is 308 g/mol. The zero-order valence-electron chi connectivity index (χ0n) is 13.5. The van der Waals surface area contributed by atoms with Crippen LogP contribution in [0.3, 0.4) is 0 Å². The van der Waals surface area contributed by atoms with E-state index >= 15 is 0 Å². The van der Waals surface area contributed by atoms with Gasteiger partial charge in [0.05, 0.1) is 11.9 Å². The Bertz CT molecular complexity index is 971. The highest BCUT2D eigenvalue weighted by Crippen LogP contribution is 2.22. The van der Waals surface area contributed by atoms with Crippen LogP contribution in [0.1, 0.15) is 30.4 Å². The number of aromatic amines is 1. The van der Waals surface area contributed by atoms with Crippen molar-refractivity contribution in [3.05, 3.63) is 58.0 Å². The molecule has 0 spiro atoms. The predicted molar refractivity (Wildman–Crippen MR) is 91.2 cm³/mol. The Morgan fingerprint density at radius 1 is 1.26 bits per heavy atom. The average molecular weight is 308 g/mol. The van der Waals surface area contributed by atoms with Crippen LogP contribution in [-0.4, -0.2) is 19.1 Å². The van der Waals surface area contributed by atoms with E-state index in [9.17, 15) is 4.79 Å². The predicted octanol–water partition coefficient (Wildman–Crippen LogP) is 2.66. The number of aromatic nitrogens is 4. The lowest BCUT2D eigenvalue weighted by Gasteiger charge is -2.07. The summed E-state index contributed by atoms with van der Waals surface area (Å²) in [5.74, 6) is 0. The molecule has 0 fully saturated rings. The van der Waals surface area contributed by atoms with Gasteiger partial charge in [-0.2, -0.15) is 0 Å². The highest BCUT2D eigenvalue weighted by atomic mass is 16.1. The smallest absolute Gasteiger partial charge is 0.332 e. The Hall–Kier alpha value is -2.56. The van der Waals surface area contributed by atoms with E-state index in [1.165, 1.54) is 0 Å². The first-order valence-corrected chi connectivity index (χ1v) is 8.11. The number of hydrogen-bond donors (Lipinski definition) is 1. The number of aryl methyl sites for hydroxylation is 1. The molecular formula is C18H20N4O. The molecule has 3 aromatic rings. The third-order valence-corrected chi connectivity index (χ3v) is 4.66. The Labute approximate surface area is 134 Å². The lowest BCUT2D eigenvalue weighted by atomic mass is 10.2. The van der Waals surface area contributed by atoms with Crippen molar-refractivity contribution in [2.75, 3.05) is 0 Å². The van der Waals surface area contributed by atoms with Crippen molar-refractivity contribution in [2.45, 2.75) is 32.6 Å². The summed E-state index contributed by atoms with van der Waals surface area (Å²) in [4.78, 5) is 20.5. The van der Waals surface area contributed by atoms with Crippen LogP contribution in [0.15, 0.2) is 35.3 Å². The molecule has 0 saturated carbocycles. The fourth-order valence-corrected chi connectivity index (χ4v) is 3.39. The van der Waals surface area contributed by atoms with E-state index in [2.05, 4.69) is 41.2 Å². The van der Waals surface area contributed by atoms with Crippen molar-refractivity contribution in [1.29, 1.82) is 0 Å². The highest BCUT2D eigenvalue weighted by Gasteiger charge is 2.19. The van der Waals surface area contributed by atoms with Crippen LogP contribution in [0.4, 0.5) is 0 Å². The van der Waals surface area contributed by atoms with Gasteiger partial charge in [0.1, 0.15) is 5.65 Å². The first-order chi connectivity index (χ1) is 11.2. The molecule has 0 bridgehead atoms. The molecule has 0 saturated heterocycles. The lowest BCUT2D eigenvalue weighted by molar-refractivity contribution is 0.788. The van der Waals surface area contributed by atoms with E-state index in [1.807, 2.05) is 11.6 Å². The molecule has 118 valence electrons. The SMILES string of the molecule is CCc1cc2cc(-n3c4c(n(C)c3=O)CC=CCC4)cnc2[nH]1. The standard InChI is InChI=1S/C18H20N4O/c1-3-13-9-12-10-14(11-19-17(12)20-13)22-16-8-6-4-5-7-15(16)21(2)18(22)23/h4-5,9-11H,3,6-8H2,1-2H3,(H,19,20). The summed E-state index contributed by atoms with van der Waals surface area (Å²) < 4.78 is 3.59. The molecule has 0 aliphatic heterocycles. The Kier molecular flexibility index (Phi) is 3.22. The van der Waals surface area contributed by atoms with Crippen LogP contribution >= 0.6 is 0 Å². The Balaban J connectivity index is 1.92. The minimum Gasteiger partial charge on any atom is -0.343 e. The number of hydrogen-bond acceptors (Lipinski definition) is 2. The van der Waals surface area contributed by atoms with E-state index in [-0.39, 0.29) is 5.69 Å². The lowest BCUT2D eigenvalue weighted by Crippen LogP contribution is -2.22. The summed E-state index contributed by atoms with van der Waals surface area (Å²) in [5, 5.41) is 1.05. The second kappa shape index (κ2) is 5.26. The third-order valence-electron chi connectivity index (χ3n) is 4.66. The first-order valence-electron chi connectivity index (χ1n) is 8.11. The number of imidazole rings is 1. The Morgan fingerprint density at radius 3 is 2.96 bits per heavy atom. The summed E-state index contributed by atoms with van der Waals surface area (Å²) in [6.45, 7) is 2.11. The van der Waals surface area contributed by atoms with Crippen LogP contribution in [0.5, 0.6) is 0 Å². The van der Waals surface area contributed by atoms with Crippen LogP contribution in [0.2, 0.25) is 0 Å². The first kappa shape index (κ1) is 14.1. The number of nitrogens with zero attached hydrogens (tertiary/aromatic N) is 3. The van der Waals surface area contributed by atoms with Crippen LogP contribution < -0.4 is 5.69 Å². The van der Waals surface area contributed by atoms with Gasteiger partial charge < -0.3 is 4.98 Å². The molecule has 1 N–H and O–H groups in total. The van der Waals surface area contributed by atoms with Crippen molar-refractivity contribution < 1.29 is 0 Å². The number of allylic oxidation sites excluding steroid dienone is 2. The van der Waals surface area contributed by atoms with Crippen LogP contribution in [0, 0.1) is 0 Å². The molecule has 1 aliphatic carbocycles. The number of rotatable bonds is 2. The zero-order valence-corrected chi connectivity index (χ0v) is 13.5. The van der Waals surface area contributed by atoms with Gasteiger partial charge in [0, 0.05) is 35.9 Å². The minimum absolute atomic E-state index is 0.0118. The molecule has 1 aliphatic rings. The number of fused-ring (bicyclic) bond motifs is 2. The maximum atomic E-state index is 12.7. The fraction of sp³-hybridized carbons (Fsp3) is 0.333. The van der Waals surface area contributed by atoms with E-state index < -0.39 is 0 Å². The minimum atomic E-state index is 0.0118. The molecule has 0 amide bonds. The van der Waals surface area contributed by atoms with Crippen LogP contribution in [0.25, 0.3) is 16.7 Å². The molecule has 0 aromatic carbocycles. The average Bonchev–Trinajstić information content (AvgIpc) is 2.96. The largest absolute Gasteiger partial charge is 0.343 e. The molecule has 4 rings (SSSR count). The van der Waals surface area contributed by atoms with Crippen LogP contribution in [-0.2, 0) is 26.3 Å². The summed E-state index contributed by atoms with van der Waals surface area (Å²) >= 11 is 0. The fourth-order valence-electron chi connectivity index (χ4n) is 3.39. The zero-order chi connectivity index (χ0) is 16.0. The quantitative estimate of drug-likeness (QED) is 0.740. The summed E-state index contributed by atoms with van der Waals surface area (Å²) in [6, 6.07) is 4.16. The highest BCUT2D eigenvalue weighted by molar-refractivity contribution is 5.78. The third kappa shape index (κ3) is 2.15. The number of pyridine rings is 1. The second-order valence-electron chi connectivity index (χ2n) is 6.06. The van der Waals surface area contributed by atoms with E-state index in [1.54, 1.807) is 10.8 Å². The second-order valence-corrected chi connectivity index (χ2v) is 6.06. The van der Waals surface area contributed by atoms with Crippen molar-refractivity contribution in [3.8, 4) is 5.69 Å². The van der Waals surface area contributed by atoms with E-state index in [0.29, 0.717) is 0 Å². The Morgan fingerprint density at radius 2 is 2.13 bits per heavy atom. The van der Waals surface area contributed by atoms with Gasteiger partial charge in [-0.25, -0.2) is 9.78 Å². The summed E-state index contributed by atoms with van der Waals surface area (Å²) in [5.41, 5.74) is 5.11. The summed E-state index contributed by atoms with van der Waals surface area (Å²) in [6.07, 6.45) is 9.74. The van der Waals surface area contributed by atoms with Gasteiger partial charge in [0.25, 0.3) is 0 Å². The van der Waals surface area contributed by atoms with Gasteiger partial charge >= 0.3 is 5.69 Å². The molecule has 0 atom stereocenters. The molecule has 3 heterocycles. The number of H-pyrrole nitrogens is 1. The van der Waals surface area contributed by atoms with Gasteiger partial charge in [-0.05, 0) is 31.4 Å². The van der Waals surface area contributed by atoms with Crippen molar-refractivity contribution in [3.63, 3.8) is 0 Å². The molecule has 3 aromatic heterocycles. The molecule has 23 heavy (non-hydrogen) atoms. The molecule has 5 nitrogen and oxygen atoms in total. The van der Waals surface area contributed by atoms with Gasteiger partial charge in [0.2, 0.25) is 0 Å². The van der Waals surface area contributed by atoms with Crippen molar-refractivity contribution in [1.82, 2.24) is 19.1 Å². The summed E-state index contributed by atoms with van der Waals surface area (Å²) in [7, 11) is 1.86. The van der Waals surface area contributed by atoms with Crippen molar-refractivity contribution >= 4 is 11.0 Å². The van der Waals surface area contributed by atoms with Gasteiger partial charge in [-0.1, -0.05) is 19.1 Å². The normalized spacial score (nSPS) is 14.2.